The summed E-state index contributed by atoms with van der Waals surface area (Å²) in [7, 11) is 0. The van der Waals surface area contributed by atoms with Crippen molar-refractivity contribution >= 4 is 10.9 Å². The molecule has 3 aliphatic rings. The fourth-order valence-electron chi connectivity index (χ4n) is 6.19. The van der Waals surface area contributed by atoms with Gasteiger partial charge in [0.25, 0.3) is 0 Å². The van der Waals surface area contributed by atoms with Crippen LogP contribution in [0.4, 0.5) is 0 Å². The Hall–Kier alpha value is -2.23. The maximum absolute atomic E-state index is 11.7. The summed E-state index contributed by atoms with van der Waals surface area (Å²) in [6.07, 6.45) is 5.08. The van der Waals surface area contributed by atoms with Crippen molar-refractivity contribution in [1.82, 2.24) is 4.98 Å². The molecule has 3 aliphatic heterocycles. The fourth-order valence-corrected chi connectivity index (χ4v) is 6.19. The molecule has 3 saturated heterocycles. The van der Waals surface area contributed by atoms with Crippen LogP contribution in [0.3, 0.4) is 0 Å². The van der Waals surface area contributed by atoms with Crippen LogP contribution in [0.25, 0.3) is 10.9 Å². The number of piperidine rings is 3. The Morgan fingerprint density at radius 3 is 2.69 bits per heavy atom. The van der Waals surface area contributed by atoms with Gasteiger partial charge in [-0.3, -0.25) is 4.98 Å². The Bertz CT molecular complexity index is 983. The van der Waals surface area contributed by atoms with Crippen molar-refractivity contribution in [3.63, 3.8) is 0 Å². The lowest BCUT2D eigenvalue weighted by molar-refractivity contribution is -0.985. The van der Waals surface area contributed by atoms with E-state index in [9.17, 15) is 5.11 Å². The summed E-state index contributed by atoms with van der Waals surface area (Å²) in [4.78, 5) is 4.51. The Morgan fingerprint density at radius 2 is 1.86 bits per heavy atom. The third-order valence-electron chi connectivity index (χ3n) is 7.69. The zero-order valence-electron chi connectivity index (χ0n) is 17.2. The lowest BCUT2D eigenvalue weighted by atomic mass is 9.70. The summed E-state index contributed by atoms with van der Waals surface area (Å²) < 4.78 is 1.02. The summed E-state index contributed by atoms with van der Waals surface area (Å²) in [6, 6.07) is 21.4. The maximum atomic E-state index is 11.7. The van der Waals surface area contributed by atoms with E-state index >= 15 is 0 Å². The predicted octanol–water partition coefficient (Wildman–Crippen LogP) is 5.10. The molecule has 3 fully saturated rings. The van der Waals surface area contributed by atoms with E-state index in [0.717, 1.165) is 45.8 Å². The third kappa shape index (κ3) is 3.27. The first-order chi connectivity index (χ1) is 14.2. The number of para-hydroxylation sites is 1. The van der Waals surface area contributed by atoms with Gasteiger partial charge in [-0.1, -0.05) is 55.5 Å². The van der Waals surface area contributed by atoms with E-state index in [4.69, 9.17) is 0 Å². The van der Waals surface area contributed by atoms with Crippen molar-refractivity contribution in [3.8, 4) is 0 Å². The minimum absolute atomic E-state index is 0.252. The van der Waals surface area contributed by atoms with Gasteiger partial charge >= 0.3 is 0 Å². The average Bonchev–Trinajstić information content (AvgIpc) is 2.78. The predicted molar refractivity (Wildman–Crippen MR) is 117 cm³/mol. The number of aliphatic hydroxyl groups is 1. The number of quaternary nitrogens is 1. The molecule has 1 aromatic heterocycles. The molecular weight excluding hydrogens is 356 g/mol. The molecule has 4 heterocycles. The molecule has 5 atom stereocenters. The molecule has 0 aliphatic carbocycles. The number of pyridine rings is 1. The first kappa shape index (κ1) is 18.8. The van der Waals surface area contributed by atoms with Crippen LogP contribution in [0.2, 0.25) is 0 Å². The van der Waals surface area contributed by atoms with Crippen molar-refractivity contribution in [2.45, 2.75) is 44.9 Å². The first-order valence-corrected chi connectivity index (χ1v) is 11.1. The summed E-state index contributed by atoms with van der Waals surface area (Å²) in [5, 5.41) is 12.8. The number of hydrogen-bond donors (Lipinski definition) is 1. The minimum atomic E-state index is -0.452. The van der Waals surface area contributed by atoms with Crippen LogP contribution in [-0.2, 0) is 6.54 Å². The van der Waals surface area contributed by atoms with Crippen LogP contribution in [0.15, 0.2) is 66.9 Å². The Balaban J connectivity index is 1.55. The van der Waals surface area contributed by atoms with Gasteiger partial charge in [0, 0.05) is 35.9 Å². The van der Waals surface area contributed by atoms with E-state index in [1.54, 1.807) is 0 Å². The van der Waals surface area contributed by atoms with Crippen LogP contribution < -0.4 is 0 Å². The van der Waals surface area contributed by atoms with E-state index in [2.05, 4.69) is 54.4 Å². The van der Waals surface area contributed by atoms with Crippen LogP contribution in [-0.4, -0.2) is 33.7 Å². The van der Waals surface area contributed by atoms with Crippen LogP contribution in [0, 0.1) is 11.8 Å². The number of nitrogens with zero attached hydrogens (tertiary/aromatic N) is 2. The van der Waals surface area contributed by atoms with Gasteiger partial charge < -0.3 is 9.59 Å². The largest absolute Gasteiger partial charge is 0.382 e. The van der Waals surface area contributed by atoms with Crippen molar-refractivity contribution in [2.24, 2.45) is 11.8 Å². The fraction of sp³-hybridized carbons (Fsp3) is 0.423. The molecular formula is C26H31N2O+. The average molecular weight is 388 g/mol. The number of hydrogen-bond acceptors (Lipinski definition) is 2. The lowest BCUT2D eigenvalue weighted by Crippen LogP contribution is -2.67. The van der Waals surface area contributed by atoms with Crippen LogP contribution in [0.1, 0.15) is 43.4 Å². The van der Waals surface area contributed by atoms with Gasteiger partial charge in [0.05, 0.1) is 18.6 Å². The lowest BCUT2D eigenvalue weighted by Gasteiger charge is -2.58. The van der Waals surface area contributed by atoms with Crippen molar-refractivity contribution < 1.29 is 9.59 Å². The van der Waals surface area contributed by atoms with Gasteiger partial charge in [-0.25, -0.2) is 0 Å². The monoisotopic (exact) mass is 387 g/mol. The highest BCUT2D eigenvalue weighted by Gasteiger charge is 2.54. The molecule has 2 aromatic carbocycles. The summed E-state index contributed by atoms with van der Waals surface area (Å²) in [6.45, 7) is 5.74. The molecule has 2 bridgehead atoms. The number of aromatic nitrogens is 1. The second kappa shape index (κ2) is 7.55. The van der Waals surface area contributed by atoms with Gasteiger partial charge in [0.1, 0.15) is 18.7 Å². The molecule has 3 heteroatoms. The molecule has 3 aromatic rings. The van der Waals surface area contributed by atoms with E-state index in [0.29, 0.717) is 0 Å². The number of rotatable bonds is 5. The molecule has 0 amide bonds. The summed E-state index contributed by atoms with van der Waals surface area (Å²) >= 11 is 0. The molecule has 3 nitrogen and oxygen atoms in total. The smallest absolute Gasteiger partial charge is 0.131 e. The zero-order chi connectivity index (χ0) is 19.8. The van der Waals surface area contributed by atoms with Crippen molar-refractivity contribution in [2.75, 3.05) is 13.1 Å². The molecule has 0 saturated carbocycles. The van der Waals surface area contributed by atoms with Crippen molar-refractivity contribution in [3.05, 3.63) is 78.0 Å². The van der Waals surface area contributed by atoms with Gasteiger partial charge in [0.15, 0.2) is 0 Å². The minimum Gasteiger partial charge on any atom is -0.382 e. The summed E-state index contributed by atoms with van der Waals surface area (Å²) in [5.41, 5.74) is 3.41. The van der Waals surface area contributed by atoms with Crippen LogP contribution >= 0.6 is 0 Å². The van der Waals surface area contributed by atoms with Crippen LogP contribution in [0.5, 0.6) is 0 Å². The Morgan fingerprint density at radius 1 is 1.07 bits per heavy atom. The maximum Gasteiger partial charge on any atom is 0.131 e. The van der Waals surface area contributed by atoms with Gasteiger partial charge in [-0.2, -0.15) is 0 Å². The standard InChI is InChI=1S/C26H31N2O/c1-2-20-18-28(17-19-8-4-3-5-9-19)15-13-21(20)16-25(28)26(29)23-12-14-27-24-11-7-6-10-22(23)24/h3-12,14,20-21,25-26,29H,2,13,15-18H2,1H3/q+1/t20-,21?,25+,26-,28?/m0/s1. The SMILES string of the molecule is CC[C@H]1C[N+]2(Cc3ccccc3)CCC1C[C@@H]2[C@@H](O)c1ccnc2ccccc12. The number of aliphatic hydroxyl groups excluding tert-OH is 1. The molecule has 2 unspecified atom stereocenters. The Kier molecular flexibility index (Phi) is 4.89. The molecule has 29 heavy (non-hydrogen) atoms. The number of benzene rings is 2. The van der Waals surface area contributed by atoms with E-state index < -0.39 is 6.10 Å². The highest BCUT2D eigenvalue weighted by Crippen LogP contribution is 2.48. The molecule has 6 rings (SSSR count). The van der Waals surface area contributed by atoms with E-state index in [-0.39, 0.29) is 6.04 Å². The molecule has 150 valence electrons. The van der Waals surface area contributed by atoms with Gasteiger partial charge in [-0.05, 0) is 30.0 Å². The van der Waals surface area contributed by atoms with Gasteiger partial charge in [-0.15, -0.1) is 0 Å². The molecule has 0 radical (unpaired) electrons. The highest BCUT2D eigenvalue weighted by molar-refractivity contribution is 5.82. The topological polar surface area (TPSA) is 33.1 Å². The normalized spacial score (nSPS) is 29.8. The third-order valence-corrected chi connectivity index (χ3v) is 7.69. The second-order valence-corrected chi connectivity index (χ2v) is 9.15. The van der Waals surface area contributed by atoms with Gasteiger partial charge in [0.2, 0.25) is 0 Å². The summed E-state index contributed by atoms with van der Waals surface area (Å²) in [5.74, 6) is 1.54. The first-order valence-electron chi connectivity index (χ1n) is 11.1. The van der Waals surface area contributed by atoms with Crippen molar-refractivity contribution in [1.29, 1.82) is 0 Å². The zero-order valence-corrected chi connectivity index (χ0v) is 17.2. The molecule has 1 N–H and O–H groups in total. The van der Waals surface area contributed by atoms with E-state index in [1.807, 2.05) is 24.4 Å². The van der Waals surface area contributed by atoms with E-state index in [1.165, 1.54) is 31.5 Å². The highest BCUT2D eigenvalue weighted by atomic mass is 16.3. The second-order valence-electron chi connectivity index (χ2n) is 9.15. The number of fused-ring (bicyclic) bond motifs is 4. The Labute approximate surface area is 173 Å². The molecule has 0 spiro atoms. The quantitative estimate of drug-likeness (QED) is 0.618.